The molecule has 1 aromatic carbocycles. The van der Waals surface area contributed by atoms with E-state index >= 15 is 0 Å². The Morgan fingerprint density at radius 3 is 2.55 bits per heavy atom. The second kappa shape index (κ2) is 7.36. The molecular formula is C14H17Cl2N3S. The molecule has 0 aliphatic heterocycles. The van der Waals surface area contributed by atoms with E-state index in [1.54, 1.807) is 0 Å². The zero-order chi connectivity index (χ0) is 14.5. The highest BCUT2D eigenvalue weighted by Crippen LogP contribution is 2.31. The summed E-state index contributed by atoms with van der Waals surface area (Å²) >= 11 is 14.0. The normalized spacial score (nSPS) is 12.6. The smallest absolute Gasteiger partial charge is 0.0772 e. The predicted octanol–water partition coefficient (Wildman–Crippen LogP) is 4.44. The van der Waals surface area contributed by atoms with E-state index in [1.165, 1.54) is 11.5 Å². The van der Waals surface area contributed by atoms with Gasteiger partial charge in [-0.1, -0.05) is 40.7 Å². The first-order valence-electron chi connectivity index (χ1n) is 6.58. The van der Waals surface area contributed by atoms with Crippen LogP contribution in [0.15, 0.2) is 18.2 Å². The molecule has 1 atom stereocenters. The van der Waals surface area contributed by atoms with Gasteiger partial charge in [0, 0.05) is 16.1 Å². The highest BCUT2D eigenvalue weighted by Gasteiger charge is 2.19. The second-order valence-corrected chi connectivity index (χ2v) is 6.23. The maximum Gasteiger partial charge on any atom is 0.0772 e. The minimum Gasteiger partial charge on any atom is -0.309 e. The zero-order valence-electron chi connectivity index (χ0n) is 11.5. The van der Waals surface area contributed by atoms with E-state index in [2.05, 4.69) is 21.8 Å². The van der Waals surface area contributed by atoms with Crippen LogP contribution in [-0.4, -0.2) is 16.1 Å². The molecular weight excluding hydrogens is 313 g/mol. The van der Waals surface area contributed by atoms with Gasteiger partial charge in [0.05, 0.1) is 10.6 Å². The average Bonchev–Trinajstić information content (AvgIpc) is 2.84. The summed E-state index contributed by atoms with van der Waals surface area (Å²) in [6.45, 7) is 5.06. The van der Waals surface area contributed by atoms with Crippen molar-refractivity contribution in [3.05, 3.63) is 44.4 Å². The van der Waals surface area contributed by atoms with Crippen molar-refractivity contribution in [3.63, 3.8) is 0 Å². The number of nitrogens with zero attached hydrogens (tertiary/aromatic N) is 2. The highest BCUT2D eigenvalue weighted by molar-refractivity contribution is 7.05. The fourth-order valence-corrected chi connectivity index (χ4v) is 3.33. The fourth-order valence-electron chi connectivity index (χ4n) is 2.06. The molecule has 20 heavy (non-hydrogen) atoms. The summed E-state index contributed by atoms with van der Waals surface area (Å²) in [5.41, 5.74) is 1.93. The van der Waals surface area contributed by atoms with Crippen LogP contribution in [0.25, 0.3) is 0 Å². The standard InChI is InChI=1S/C14H17Cl2N3S/c1-3-7-17-13(14-9(2)18-19-20-14)8-10-11(15)5-4-6-12(10)16/h4-6,13,17H,3,7-8H2,1-2H3. The molecule has 1 unspecified atom stereocenters. The number of aryl methyl sites for hydroxylation is 1. The molecule has 0 radical (unpaired) electrons. The Morgan fingerprint density at radius 1 is 1.30 bits per heavy atom. The quantitative estimate of drug-likeness (QED) is 0.851. The zero-order valence-corrected chi connectivity index (χ0v) is 13.8. The number of hydrogen-bond donors (Lipinski definition) is 1. The molecule has 0 saturated carbocycles. The van der Waals surface area contributed by atoms with Gasteiger partial charge >= 0.3 is 0 Å². The van der Waals surface area contributed by atoms with Crippen molar-refractivity contribution in [2.75, 3.05) is 6.54 Å². The van der Waals surface area contributed by atoms with E-state index in [1.807, 2.05) is 25.1 Å². The Bertz CT molecular complexity index is 551. The summed E-state index contributed by atoms with van der Waals surface area (Å²) in [4.78, 5) is 1.15. The second-order valence-electron chi connectivity index (χ2n) is 4.63. The lowest BCUT2D eigenvalue weighted by atomic mass is 10.0. The minimum atomic E-state index is 0.146. The van der Waals surface area contributed by atoms with Crippen LogP contribution in [0.5, 0.6) is 0 Å². The lowest BCUT2D eigenvalue weighted by molar-refractivity contribution is 0.534. The number of hydrogen-bond acceptors (Lipinski definition) is 4. The van der Waals surface area contributed by atoms with Crippen LogP contribution in [0.3, 0.4) is 0 Å². The maximum absolute atomic E-state index is 6.27. The summed E-state index contributed by atoms with van der Waals surface area (Å²) in [6, 6.07) is 5.75. The molecule has 0 aliphatic rings. The predicted molar refractivity (Wildman–Crippen MR) is 85.8 cm³/mol. The Hall–Kier alpha value is -0.680. The SMILES string of the molecule is CCCNC(Cc1c(Cl)cccc1Cl)c1snnc1C. The van der Waals surface area contributed by atoms with Gasteiger partial charge < -0.3 is 5.32 Å². The third kappa shape index (κ3) is 3.70. The molecule has 108 valence electrons. The topological polar surface area (TPSA) is 37.8 Å². The molecule has 0 amide bonds. The van der Waals surface area contributed by atoms with Crippen molar-refractivity contribution in [2.45, 2.75) is 32.7 Å². The van der Waals surface area contributed by atoms with E-state index in [9.17, 15) is 0 Å². The van der Waals surface area contributed by atoms with Crippen molar-refractivity contribution in [1.82, 2.24) is 14.9 Å². The number of halogens is 2. The Kier molecular flexibility index (Phi) is 5.78. The Morgan fingerprint density at radius 2 is 2.00 bits per heavy atom. The van der Waals surface area contributed by atoms with Crippen LogP contribution in [0.2, 0.25) is 10.0 Å². The van der Waals surface area contributed by atoms with E-state index < -0.39 is 0 Å². The minimum absolute atomic E-state index is 0.146. The van der Waals surface area contributed by atoms with Crippen molar-refractivity contribution < 1.29 is 0 Å². The molecule has 2 rings (SSSR count). The first-order chi connectivity index (χ1) is 9.63. The van der Waals surface area contributed by atoms with Crippen LogP contribution < -0.4 is 5.32 Å². The first-order valence-corrected chi connectivity index (χ1v) is 8.11. The van der Waals surface area contributed by atoms with E-state index in [4.69, 9.17) is 23.2 Å². The summed E-state index contributed by atoms with van der Waals surface area (Å²) in [5, 5.41) is 9.03. The van der Waals surface area contributed by atoms with Gasteiger partial charge in [-0.2, -0.15) is 0 Å². The largest absolute Gasteiger partial charge is 0.309 e. The number of aromatic nitrogens is 2. The Balaban J connectivity index is 2.26. The third-order valence-corrected chi connectivity index (χ3v) is 4.76. The number of benzene rings is 1. The van der Waals surface area contributed by atoms with E-state index in [0.717, 1.165) is 35.5 Å². The number of rotatable bonds is 6. The molecule has 1 N–H and O–H groups in total. The van der Waals surface area contributed by atoms with E-state index in [0.29, 0.717) is 10.0 Å². The van der Waals surface area contributed by atoms with E-state index in [-0.39, 0.29) is 6.04 Å². The van der Waals surface area contributed by atoms with Gasteiger partial charge in [0.15, 0.2) is 0 Å². The van der Waals surface area contributed by atoms with Crippen LogP contribution in [0.4, 0.5) is 0 Å². The summed E-state index contributed by atoms with van der Waals surface area (Å²) in [5.74, 6) is 0. The molecule has 1 heterocycles. The molecule has 0 bridgehead atoms. The maximum atomic E-state index is 6.27. The van der Waals surface area contributed by atoms with Crippen LogP contribution in [0.1, 0.15) is 35.5 Å². The molecule has 2 aromatic rings. The van der Waals surface area contributed by atoms with Gasteiger partial charge in [-0.25, -0.2) is 0 Å². The van der Waals surface area contributed by atoms with Gasteiger partial charge in [0.2, 0.25) is 0 Å². The van der Waals surface area contributed by atoms with Gasteiger partial charge in [0.25, 0.3) is 0 Å². The highest BCUT2D eigenvalue weighted by atomic mass is 35.5. The summed E-state index contributed by atoms with van der Waals surface area (Å²) in [7, 11) is 0. The van der Waals surface area contributed by atoms with Crippen molar-refractivity contribution in [3.8, 4) is 0 Å². The summed E-state index contributed by atoms with van der Waals surface area (Å²) in [6.07, 6.45) is 1.81. The van der Waals surface area contributed by atoms with Crippen molar-refractivity contribution in [1.29, 1.82) is 0 Å². The van der Waals surface area contributed by atoms with Gasteiger partial charge in [0.1, 0.15) is 0 Å². The molecule has 0 saturated heterocycles. The first kappa shape index (κ1) is 15.7. The number of nitrogens with one attached hydrogen (secondary N) is 1. The molecule has 0 spiro atoms. The van der Waals surface area contributed by atoms with Crippen molar-refractivity contribution >= 4 is 34.7 Å². The van der Waals surface area contributed by atoms with Gasteiger partial charge in [-0.15, -0.1) is 5.10 Å². The molecule has 1 aromatic heterocycles. The summed E-state index contributed by atoms with van der Waals surface area (Å²) < 4.78 is 4.02. The fraction of sp³-hybridized carbons (Fsp3) is 0.429. The molecule has 6 heteroatoms. The molecule has 0 fully saturated rings. The molecule has 3 nitrogen and oxygen atoms in total. The Labute approximate surface area is 133 Å². The molecule has 0 aliphatic carbocycles. The van der Waals surface area contributed by atoms with Crippen LogP contribution in [0, 0.1) is 6.92 Å². The average molecular weight is 330 g/mol. The van der Waals surface area contributed by atoms with Crippen LogP contribution in [-0.2, 0) is 6.42 Å². The van der Waals surface area contributed by atoms with Crippen LogP contribution >= 0.6 is 34.7 Å². The van der Waals surface area contributed by atoms with Gasteiger partial charge in [-0.05, 0) is 55.5 Å². The monoisotopic (exact) mass is 329 g/mol. The van der Waals surface area contributed by atoms with Crippen molar-refractivity contribution in [2.24, 2.45) is 0 Å². The lowest BCUT2D eigenvalue weighted by Gasteiger charge is -2.18. The lowest BCUT2D eigenvalue weighted by Crippen LogP contribution is -2.24. The third-order valence-electron chi connectivity index (χ3n) is 3.11. The van der Waals surface area contributed by atoms with Gasteiger partial charge in [-0.3, -0.25) is 0 Å².